The Morgan fingerprint density at radius 2 is 1.65 bits per heavy atom. The summed E-state index contributed by atoms with van der Waals surface area (Å²) in [5, 5.41) is 14.5. The number of hydrogen-bond acceptors (Lipinski definition) is 5. The molecule has 0 aromatic heterocycles. The second kappa shape index (κ2) is 7.84. The number of benzene rings is 2. The zero-order chi connectivity index (χ0) is 21.4. The number of carbonyl (C=O) groups is 2. The molecular formula is C25H21N3O3. The zero-order valence-electron chi connectivity index (χ0n) is 16.8. The van der Waals surface area contributed by atoms with E-state index >= 15 is 0 Å². The van der Waals surface area contributed by atoms with E-state index in [4.69, 9.17) is 10.00 Å². The van der Waals surface area contributed by atoms with Crippen molar-refractivity contribution in [3.8, 4) is 11.8 Å². The van der Waals surface area contributed by atoms with Crippen molar-refractivity contribution in [2.45, 2.75) is 19.4 Å². The van der Waals surface area contributed by atoms with Gasteiger partial charge in [-0.05, 0) is 60.6 Å². The third-order valence-corrected chi connectivity index (χ3v) is 6.47. The smallest absolute Gasteiger partial charge is 0.254 e. The summed E-state index contributed by atoms with van der Waals surface area (Å²) < 4.78 is 5.78. The van der Waals surface area contributed by atoms with Crippen LogP contribution >= 0.6 is 0 Å². The van der Waals surface area contributed by atoms with Crippen LogP contribution in [0.5, 0.6) is 5.75 Å². The standard InChI is InChI=1S/C25H21N3O3/c26-13-19-3-1-2-4-20(19)15-31-21-11-5-16(6-12-21)14-27-28-24(29)22-17-7-8-18(10-9-17)23(22)25(28)30/h1-8,11-12,14,17-18,22-23H,9-10,15H2. The van der Waals surface area contributed by atoms with Gasteiger partial charge in [-0.25, -0.2) is 0 Å². The summed E-state index contributed by atoms with van der Waals surface area (Å²) in [6.45, 7) is 0.299. The molecule has 2 fully saturated rings. The number of nitrogens with zero attached hydrogens (tertiary/aromatic N) is 3. The summed E-state index contributed by atoms with van der Waals surface area (Å²) in [4.78, 5) is 25.6. The van der Waals surface area contributed by atoms with Crippen molar-refractivity contribution in [2.24, 2.45) is 28.8 Å². The highest BCUT2D eigenvalue weighted by Crippen LogP contribution is 2.49. The lowest BCUT2D eigenvalue weighted by Gasteiger charge is -2.37. The highest BCUT2D eigenvalue weighted by molar-refractivity contribution is 6.06. The molecule has 0 N–H and O–H groups in total. The molecule has 6 rings (SSSR count). The van der Waals surface area contributed by atoms with Crippen LogP contribution in [0.2, 0.25) is 0 Å². The Morgan fingerprint density at radius 1 is 1.00 bits per heavy atom. The molecule has 2 bridgehead atoms. The Morgan fingerprint density at radius 3 is 2.26 bits per heavy atom. The van der Waals surface area contributed by atoms with E-state index in [2.05, 4.69) is 23.3 Å². The third kappa shape index (κ3) is 3.42. The lowest BCUT2D eigenvalue weighted by molar-refractivity contribution is -0.140. The number of rotatable bonds is 5. The van der Waals surface area contributed by atoms with Gasteiger partial charge in [0.05, 0.1) is 29.7 Å². The summed E-state index contributed by atoms with van der Waals surface area (Å²) >= 11 is 0. The molecule has 2 aromatic carbocycles. The van der Waals surface area contributed by atoms with Gasteiger partial charge >= 0.3 is 0 Å². The Kier molecular flexibility index (Phi) is 4.87. The molecule has 1 saturated carbocycles. The summed E-state index contributed by atoms with van der Waals surface area (Å²) in [5.41, 5.74) is 2.18. The van der Waals surface area contributed by atoms with Crippen molar-refractivity contribution in [1.29, 1.82) is 5.26 Å². The molecule has 1 heterocycles. The minimum Gasteiger partial charge on any atom is -0.489 e. The quantitative estimate of drug-likeness (QED) is 0.427. The summed E-state index contributed by atoms with van der Waals surface area (Å²) in [5.74, 6) is 0.124. The first-order valence-electron chi connectivity index (χ1n) is 10.5. The number of nitriles is 1. The summed E-state index contributed by atoms with van der Waals surface area (Å²) in [6, 6.07) is 16.7. The maximum Gasteiger partial charge on any atom is 0.254 e. The van der Waals surface area contributed by atoms with Gasteiger partial charge in [-0.1, -0.05) is 30.4 Å². The Labute approximate surface area is 180 Å². The number of imide groups is 1. The van der Waals surface area contributed by atoms with E-state index in [0.29, 0.717) is 17.9 Å². The minimum atomic E-state index is -0.250. The first-order chi connectivity index (χ1) is 15.2. The molecule has 2 aromatic rings. The largest absolute Gasteiger partial charge is 0.489 e. The van der Waals surface area contributed by atoms with Crippen molar-refractivity contribution in [2.75, 3.05) is 0 Å². The van der Waals surface area contributed by atoms with Crippen molar-refractivity contribution >= 4 is 18.0 Å². The van der Waals surface area contributed by atoms with E-state index in [1.54, 1.807) is 18.2 Å². The molecule has 31 heavy (non-hydrogen) atoms. The number of allylic oxidation sites excluding steroid dienone is 2. The van der Waals surface area contributed by atoms with E-state index in [0.717, 1.165) is 29.0 Å². The van der Waals surface area contributed by atoms with Crippen molar-refractivity contribution < 1.29 is 14.3 Å². The van der Waals surface area contributed by atoms with Crippen LogP contribution < -0.4 is 4.74 Å². The second-order valence-electron chi connectivity index (χ2n) is 8.20. The molecule has 0 spiro atoms. The van der Waals surface area contributed by atoms with Crippen molar-refractivity contribution in [3.05, 3.63) is 77.4 Å². The topological polar surface area (TPSA) is 82.8 Å². The van der Waals surface area contributed by atoms with Crippen molar-refractivity contribution in [1.82, 2.24) is 5.01 Å². The first kappa shape index (κ1) is 19.3. The lowest BCUT2D eigenvalue weighted by atomic mass is 9.63. The molecule has 6 nitrogen and oxygen atoms in total. The zero-order valence-corrected chi connectivity index (χ0v) is 16.8. The molecule has 4 aliphatic rings. The van der Waals surface area contributed by atoms with Gasteiger partial charge in [0.1, 0.15) is 12.4 Å². The number of hydrogen-bond donors (Lipinski definition) is 0. The van der Waals surface area contributed by atoms with Gasteiger partial charge in [0, 0.05) is 5.56 Å². The molecule has 154 valence electrons. The van der Waals surface area contributed by atoms with Gasteiger partial charge in [-0.15, -0.1) is 0 Å². The predicted molar refractivity (Wildman–Crippen MR) is 114 cm³/mol. The van der Waals surface area contributed by atoms with Crippen LogP contribution in [0.25, 0.3) is 0 Å². The van der Waals surface area contributed by atoms with Gasteiger partial charge in [-0.2, -0.15) is 15.4 Å². The molecule has 1 aliphatic heterocycles. The maximum absolute atomic E-state index is 12.8. The van der Waals surface area contributed by atoms with Gasteiger partial charge < -0.3 is 4.74 Å². The fourth-order valence-corrected chi connectivity index (χ4v) is 4.86. The van der Waals surface area contributed by atoms with Gasteiger partial charge in [0.25, 0.3) is 11.8 Å². The van der Waals surface area contributed by atoms with Crippen LogP contribution in [0.4, 0.5) is 0 Å². The van der Waals surface area contributed by atoms with Crippen LogP contribution in [0, 0.1) is 35.0 Å². The predicted octanol–water partition coefficient (Wildman–Crippen LogP) is 3.67. The van der Waals surface area contributed by atoms with E-state index in [9.17, 15) is 9.59 Å². The number of ether oxygens (including phenoxy) is 1. The third-order valence-electron chi connectivity index (χ3n) is 6.47. The van der Waals surface area contributed by atoms with E-state index in [-0.39, 0.29) is 35.5 Å². The Balaban J connectivity index is 1.24. The monoisotopic (exact) mass is 411 g/mol. The highest BCUT2D eigenvalue weighted by atomic mass is 16.5. The van der Waals surface area contributed by atoms with Gasteiger partial charge in [0.15, 0.2) is 0 Å². The second-order valence-corrected chi connectivity index (χ2v) is 8.20. The molecule has 3 aliphatic carbocycles. The highest BCUT2D eigenvalue weighted by Gasteiger charge is 2.56. The van der Waals surface area contributed by atoms with Crippen molar-refractivity contribution in [3.63, 3.8) is 0 Å². The lowest BCUT2D eigenvalue weighted by Crippen LogP contribution is -2.38. The van der Waals surface area contributed by atoms with Crippen LogP contribution in [-0.2, 0) is 16.2 Å². The normalized spacial score (nSPS) is 26.4. The van der Waals surface area contributed by atoms with E-state index < -0.39 is 0 Å². The number of hydrazone groups is 1. The van der Waals surface area contributed by atoms with Crippen LogP contribution in [0.3, 0.4) is 0 Å². The van der Waals surface area contributed by atoms with E-state index in [1.807, 2.05) is 30.3 Å². The van der Waals surface area contributed by atoms with Crippen LogP contribution in [-0.4, -0.2) is 23.0 Å². The average Bonchev–Trinajstić information content (AvgIpc) is 3.09. The van der Waals surface area contributed by atoms with E-state index in [1.165, 1.54) is 6.21 Å². The average molecular weight is 411 g/mol. The molecule has 2 amide bonds. The number of fused-ring (bicyclic) bond motifs is 1. The fraction of sp³-hybridized carbons (Fsp3) is 0.280. The molecule has 4 unspecified atom stereocenters. The maximum atomic E-state index is 12.8. The van der Waals surface area contributed by atoms with Gasteiger partial charge in [0.2, 0.25) is 0 Å². The van der Waals surface area contributed by atoms with Crippen LogP contribution in [0.15, 0.2) is 65.8 Å². The van der Waals surface area contributed by atoms with Gasteiger partial charge in [-0.3, -0.25) is 9.59 Å². The summed E-state index contributed by atoms with van der Waals surface area (Å²) in [7, 11) is 0. The number of amides is 2. The first-order valence-corrected chi connectivity index (χ1v) is 10.5. The molecule has 6 heteroatoms. The molecule has 4 atom stereocenters. The van der Waals surface area contributed by atoms with Crippen LogP contribution in [0.1, 0.15) is 29.5 Å². The SMILES string of the molecule is N#Cc1ccccc1COc1ccc(C=NN2C(=O)C3C4C=CC(CC4)C3C2=O)cc1. The number of carbonyl (C=O) groups excluding carboxylic acids is 2. The molecule has 1 saturated heterocycles. The fourth-order valence-electron chi connectivity index (χ4n) is 4.86. The Hall–Kier alpha value is -3.72. The Bertz CT molecular complexity index is 1100. The summed E-state index contributed by atoms with van der Waals surface area (Å²) in [6.07, 6.45) is 7.68. The molecule has 0 radical (unpaired) electrons. The minimum absolute atomic E-state index is 0.161. The molecular weight excluding hydrogens is 390 g/mol.